The largest absolute Gasteiger partial charge is 0.481 e. The molecule has 1 fully saturated rings. The number of hydrogen-bond donors (Lipinski definition) is 1. The Morgan fingerprint density at radius 1 is 1.57 bits per heavy atom. The Kier molecular flexibility index (Phi) is 2.49. The molecule has 1 saturated heterocycles. The highest BCUT2D eigenvalue weighted by molar-refractivity contribution is 5.42. The summed E-state index contributed by atoms with van der Waals surface area (Å²) in [5.41, 5.74) is 5.82. The summed E-state index contributed by atoms with van der Waals surface area (Å²) in [7, 11) is 1.60. The van der Waals surface area contributed by atoms with E-state index in [1.165, 1.54) is 6.33 Å². The lowest BCUT2D eigenvalue weighted by atomic mass is 10.3. The van der Waals surface area contributed by atoms with Gasteiger partial charge in [0.2, 0.25) is 5.88 Å². The molecule has 0 unspecified atom stereocenters. The van der Waals surface area contributed by atoms with Crippen molar-refractivity contribution in [2.24, 2.45) is 5.73 Å². The smallest absolute Gasteiger partial charge is 0.218 e. The molecule has 0 bridgehead atoms. The highest BCUT2D eigenvalue weighted by atomic mass is 16.5. The average molecular weight is 194 g/mol. The van der Waals surface area contributed by atoms with Gasteiger partial charge < -0.3 is 15.4 Å². The molecule has 2 rings (SSSR count). The van der Waals surface area contributed by atoms with Gasteiger partial charge in [0.15, 0.2) is 0 Å². The van der Waals surface area contributed by atoms with E-state index in [9.17, 15) is 0 Å². The Morgan fingerprint density at radius 2 is 2.43 bits per heavy atom. The Labute approximate surface area is 82.9 Å². The number of hydrogen-bond acceptors (Lipinski definition) is 5. The van der Waals surface area contributed by atoms with Crippen LogP contribution in [-0.2, 0) is 0 Å². The van der Waals surface area contributed by atoms with Gasteiger partial charge in [-0.15, -0.1) is 0 Å². The molecule has 5 heteroatoms. The number of nitrogens with two attached hydrogens (primary N) is 1. The molecule has 0 amide bonds. The minimum atomic E-state index is 0.260. The fraction of sp³-hybridized carbons (Fsp3) is 0.556. The van der Waals surface area contributed by atoms with Crippen molar-refractivity contribution < 1.29 is 4.74 Å². The van der Waals surface area contributed by atoms with Gasteiger partial charge in [-0.2, -0.15) is 0 Å². The summed E-state index contributed by atoms with van der Waals surface area (Å²) in [4.78, 5) is 10.3. The third kappa shape index (κ3) is 1.77. The van der Waals surface area contributed by atoms with Gasteiger partial charge >= 0.3 is 0 Å². The van der Waals surface area contributed by atoms with Crippen LogP contribution >= 0.6 is 0 Å². The van der Waals surface area contributed by atoms with E-state index in [1.54, 1.807) is 7.11 Å². The summed E-state index contributed by atoms with van der Waals surface area (Å²) >= 11 is 0. The van der Waals surface area contributed by atoms with Crippen LogP contribution in [0.25, 0.3) is 0 Å². The lowest BCUT2D eigenvalue weighted by Crippen LogP contribution is -2.26. The van der Waals surface area contributed by atoms with Crippen LogP contribution in [0.2, 0.25) is 0 Å². The van der Waals surface area contributed by atoms with E-state index in [2.05, 4.69) is 14.9 Å². The van der Waals surface area contributed by atoms with Gasteiger partial charge in [-0.3, -0.25) is 0 Å². The summed E-state index contributed by atoms with van der Waals surface area (Å²) in [6, 6.07) is 2.09. The van der Waals surface area contributed by atoms with Crippen LogP contribution in [0.1, 0.15) is 6.42 Å². The topological polar surface area (TPSA) is 64.3 Å². The lowest BCUT2D eigenvalue weighted by molar-refractivity contribution is 0.397. The second-order valence-corrected chi connectivity index (χ2v) is 3.41. The summed E-state index contributed by atoms with van der Waals surface area (Å²) in [5.74, 6) is 1.49. The quantitative estimate of drug-likeness (QED) is 0.719. The van der Waals surface area contributed by atoms with Crippen molar-refractivity contribution in [3.8, 4) is 5.88 Å². The average Bonchev–Trinajstić information content (AvgIpc) is 2.65. The Balaban J connectivity index is 2.15. The highest BCUT2D eigenvalue weighted by Gasteiger charge is 2.20. The molecule has 1 aliphatic rings. The molecule has 1 atom stereocenters. The van der Waals surface area contributed by atoms with Crippen molar-refractivity contribution in [3.05, 3.63) is 12.4 Å². The standard InChI is InChI=1S/C9H14N4O/c1-14-9-4-8(11-6-12-9)13-3-2-7(10)5-13/h4,6-7H,2-3,5,10H2,1H3/t7-/m1/s1. The molecule has 0 spiro atoms. The van der Waals surface area contributed by atoms with E-state index >= 15 is 0 Å². The Morgan fingerprint density at radius 3 is 3.07 bits per heavy atom. The van der Waals surface area contributed by atoms with Gasteiger partial charge in [0.25, 0.3) is 0 Å². The number of methoxy groups -OCH3 is 1. The second kappa shape index (κ2) is 3.79. The van der Waals surface area contributed by atoms with Crippen molar-refractivity contribution >= 4 is 5.82 Å². The summed E-state index contributed by atoms with van der Waals surface area (Å²) in [6.45, 7) is 1.82. The van der Waals surface area contributed by atoms with E-state index in [1.807, 2.05) is 6.07 Å². The van der Waals surface area contributed by atoms with Crippen LogP contribution in [0, 0.1) is 0 Å². The fourth-order valence-corrected chi connectivity index (χ4v) is 1.61. The second-order valence-electron chi connectivity index (χ2n) is 3.41. The highest BCUT2D eigenvalue weighted by Crippen LogP contribution is 2.19. The Hall–Kier alpha value is -1.36. The maximum absolute atomic E-state index is 5.82. The number of rotatable bonds is 2. The van der Waals surface area contributed by atoms with Crippen molar-refractivity contribution in [3.63, 3.8) is 0 Å². The summed E-state index contributed by atoms with van der Waals surface area (Å²) < 4.78 is 5.03. The van der Waals surface area contributed by atoms with Gasteiger partial charge in [0, 0.05) is 25.2 Å². The fourth-order valence-electron chi connectivity index (χ4n) is 1.61. The zero-order valence-electron chi connectivity index (χ0n) is 8.18. The first-order valence-corrected chi connectivity index (χ1v) is 4.66. The number of aromatic nitrogens is 2. The predicted octanol–water partition coefficient (Wildman–Crippen LogP) is 0.0226. The van der Waals surface area contributed by atoms with Crippen LogP contribution in [0.5, 0.6) is 5.88 Å². The number of nitrogens with zero attached hydrogens (tertiary/aromatic N) is 3. The van der Waals surface area contributed by atoms with Crippen molar-refractivity contribution in [2.45, 2.75) is 12.5 Å². The van der Waals surface area contributed by atoms with Gasteiger partial charge in [0.05, 0.1) is 7.11 Å². The van der Waals surface area contributed by atoms with Crippen LogP contribution in [0.4, 0.5) is 5.82 Å². The molecule has 1 aliphatic heterocycles. The molecule has 0 aromatic carbocycles. The first kappa shape index (κ1) is 9.21. The molecule has 2 N–H and O–H groups in total. The minimum Gasteiger partial charge on any atom is -0.481 e. The van der Waals surface area contributed by atoms with Gasteiger partial charge in [-0.25, -0.2) is 9.97 Å². The first-order valence-electron chi connectivity index (χ1n) is 4.66. The monoisotopic (exact) mass is 194 g/mol. The maximum Gasteiger partial charge on any atom is 0.218 e. The zero-order valence-corrected chi connectivity index (χ0v) is 8.18. The predicted molar refractivity (Wildman–Crippen MR) is 53.4 cm³/mol. The first-order chi connectivity index (χ1) is 6.79. The Bertz CT molecular complexity index is 317. The molecule has 0 saturated carbocycles. The molecule has 1 aromatic rings. The number of anilines is 1. The normalized spacial score (nSPS) is 21.3. The molecule has 14 heavy (non-hydrogen) atoms. The van der Waals surface area contributed by atoms with Gasteiger partial charge in [0.1, 0.15) is 12.1 Å². The van der Waals surface area contributed by atoms with Crippen molar-refractivity contribution in [2.75, 3.05) is 25.1 Å². The molecule has 2 heterocycles. The van der Waals surface area contributed by atoms with Gasteiger partial charge in [-0.05, 0) is 6.42 Å². The molecular formula is C9H14N4O. The van der Waals surface area contributed by atoms with E-state index in [0.29, 0.717) is 5.88 Å². The summed E-state index contributed by atoms with van der Waals surface area (Å²) in [6.07, 6.45) is 2.53. The maximum atomic E-state index is 5.82. The van der Waals surface area contributed by atoms with Crippen molar-refractivity contribution in [1.29, 1.82) is 0 Å². The molecule has 1 aromatic heterocycles. The van der Waals surface area contributed by atoms with Crippen LogP contribution in [0.3, 0.4) is 0 Å². The summed E-state index contributed by atoms with van der Waals surface area (Å²) in [5, 5.41) is 0. The molecule has 5 nitrogen and oxygen atoms in total. The third-order valence-electron chi connectivity index (χ3n) is 2.39. The van der Waals surface area contributed by atoms with E-state index in [4.69, 9.17) is 10.5 Å². The van der Waals surface area contributed by atoms with Crippen LogP contribution < -0.4 is 15.4 Å². The SMILES string of the molecule is COc1cc(N2CC[C@@H](N)C2)ncn1. The van der Waals surface area contributed by atoms with E-state index < -0.39 is 0 Å². The molecular weight excluding hydrogens is 180 g/mol. The third-order valence-corrected chi connectivity index (χ3v) is 2.39. The van der Waals surface area contributed by atoms with E-state index in [-0.39, 0.29) is 6.04 Å². The lowest BCUT2D eigenvalue weighted by Gasteiger charge is -2.16. The van der Waals surface area contributed by atoms with Gasteiger partial charge in [-0.1, -0.05) is 0 Å². The van der Waals surface area contributed by atoms with Crippen LogP contribution in [-0.4, -0.2) is 36.2 Å². The number of ether oxygens (including phenoxy) is 1. The van der Waals surface area contributed by atoms with Crippen molar-refractivity contribution in [1.82, 2.24) is 9.97 Å². The molecule has 0 aliphatic carbocycles. The molecule has 0 radical (unpaired) electrons. The van der Waals surface area contributed by atoms with Crippen LogP contribution in [0.15, 0.2) is 12.4 Å². The molecule has 76 valence electrons. The van der Waals surface area contributed by atoms with E-state index in [0.717, 1.165) is 25.3 Å². The minimum absolute atomic E-state index is 0.260. The zero-order chi connectivity index (χ0) is 9.97.